The first-order chi connectivity index (χ1) is 14.3. The highest BCUT2D eigenvalue weighted by Crippen LogP contribution is 2.28. The van der Waals surface area contributed by atoms with Crippen LogP contribution in [-0.4, -0.2) is 23.8 Å². The number of ether oxygens (including phenoxy) is 2. The van der Waals surface area contributed by atoms with Crippen LogP contribution in [0.3, 0.4) is 0 Å². The van der Waals surface area contributed by atoms with Crippen molar-refractivity contribution in [2.45, 2.75) is 19.4 Å². The fourth-order valence-corrected chi connectivity index (χ4v) is 3.54. The summed E-state index contributed by atoms with van der Waals surface area (Å²) in [6.07, 6.45) is 7.22. The van der Waals surface area contributed by atoms with Gasteiger partial charge < -0.3 is 18.5 Å². The zero-order valence-electron chi connectivity index (χ0n) is 16.7. The number of hydrogen-bond donors (Lipinski definition) is 0. The van der Waals surface area contributed by atoms with Crippen LogP contribution >= 0.6 is 0 Å². The molecular formula is C24H24N2O3. The molecule has 4 rings (SSSR count). The molecule has 0 saturated carbocycles. The third kappa shape index (κ3) is 4.19. The van der Waals surface area contributed by atoms with Crippen LogP contribution in [0.1, 0.15) is 17.0 Å². The van der Waals surface area contributed by atoms with Gasteiger partial charge in [0.2, 0.25) is 0 Å². The van der Waals surface area contributed by atoms with E-state index in [0.717, 1.165) is 53.6 Å². The monoisotopic (exact) mass is 388 g/mol. The summed E-state index contributed by atoms with van der Waals surface area (Å²) in [5, 5.41) is 0. The topological polar surface area (TPSA) is 49.4 Å². The number of hydrogen-bond acceptors (Lipinski definition) is 4. The molecule has 0 spiro atoms. The van der Waals surface area contributed by atoms with Gasteiger partial charge in [-0.3, -0.25) is 0 Å². The fourth-order valence-electron chi connectivity index (χ4n) is 3.54. The van der Waals surface area contributed by atoms with Gasteiger partial charge in [0.25, 0.3) is 0 Å². The van der Waals surface area contributed by atoms with E-state index < -0.39 is 0 Å². The van der Waals surface area contributed by atoms with Gasteiger partial charge in [0.15, 0.2) is 11.5 Å². The third-order valence-corrected chi connectivity index (χ3v) is 5.04. The highest BCUT2D eigenvalue weighted by Gasteiger charge is 2.11. The lowest BCUT2D eigenvalue weighted by atomic mass is 10.0. The van der Waals surface area contributed by atoms with Gasteiger partial charge in [-0.05, 0) is 41.8 Å². The largest absolute Gasteiger partial charge is 0.493 e. The van der Waals surface area contributed by atoms with Crippen LogP contribution in [-0.2, 0) is 19.4 Å². The van der Waals surface area contributed by atoms with Gasteiger partial charge in [-0.15, -0.1) is 0 Å². The van der Waals surface area contributed by atoms with E-state index in [2.05, 4.69) is 27.8 Å². The Kier molecular flexibility index (Phi) is 5.66. The van der Waals surface area contributed by atoms with Crippen molar-refractivity contribution in [3.63, 3.8) is 0 Å². The Labute approximate surface area is 170 Å². The molecule has 0 N–H and O–H groups in total. The van der Waals surface area contributed by atoms with Gasteiger partial charge >= 0.3 is 0 Å². The van der Waals surface area contributed by atoms with Crippen LogP contribution < -0.4 is 9.47 Å². The van der Waals surface area contributed by atoms with Gasteiger partial charge in [-0.2, -0.15) is 0 Å². The summed E-state index contributed by atoms with van der Waals surface area (Å²) < 4.78 is 18.5. The van der Waals surface area contributed by atoms with Crippen LogP contribution in [0, 0.1) is 0 Å². The predicted octanol–water partition coefficient (Wildman–Crippen LogP) is 4.99. The molecule has 2 heterocycles. The molecule has 148 valence electrons. The number of methoxy groups -OCH3 is 2. The van der Waals surface area contributed by atoms with Crippen LogP contribution in [0.4, 0.5) is 0 Å². The maximum atomic E-state index is 5.60. The molecule has 4 aromatic rings. The number of rotatable bonds is 8. The first-order valence-corrected chi connectivity index (χ1v) is 9.61. The van der Waals surface area contributed by atoms with Gasteiger partial charge in [0.05, 0.1) is 20.5 Å². The Bertz CT molecular complexity index is 1070. The van der Waals surface area contributed by atoms with Crippen molar-refractivity contribution in [1.29, 1.82) is 0 Å². The second-order valence-electron chi connectivity index (χ2n) is 6.79. The van der Waals surface area contributed by atoms with Crippen LogP contribution in [0.2, 0.25) is 0 Å². The minimum atomic E-state index is 0.729. The molecule has 0 atom stereocenters. The quantitative estimate of drug-likeness (QED) is 0.426. The minimum absolute atomic E-state index is 0.729. The summed E-state index contributed by atoms with van der Waals surface area (Å²) in [4.78, 5) is 4.57. The van der Waals surface area contributed by atoms with E-state index in [0.29, 0.717) is 0 Å². The van der Waals surface area contributed by atoms with E-state index in [-0.39, 0.29) is 0 Å². The number of nitrogens with zero attached hydrogens (tertiary/aromatic N) is 2. The maximum Gasteiger partial charge on any atom is 0.161 e. The molecule has 0 fully saturated rings. The van der Waals surface area contributed by atoms with Gasteiger partial charge in [0.1, 0.15) is 11.6 Å². The van der Waals surface area contributed by atoms with Gasteiger partial charge in [-0.25, -0.2) is 4.98 Å². The molecular weight excluding hydrogens is 364 g/mol. The van der Waals surface area contributed by atoms with Crippen molar-refractivity contribution < 1.29 is 13.9 Å². The SMILES string of the molecule is COc1ccc(Cc2nccn2CCc2ccccc2-c2ccco2)cc1OC. The van der Waals surface area contributed by atoms with Crippen molar-refractivity contribution in [1.82, 2.24) is 9.55 Å². The fraction of sp³-hybridized carbons (Fsp3) is 0.208. The second kappa shape index (κ2) is 8.69. The average molecular weight is 388 g/mol. The molecule has 0 saturated heterocycles. The zero-order valence-corrected chi connectivity index (χ0v) is 16.7. The molecule has 2 aromatic heterocycles. The Hall–Kier alpha value is -3.47. The Balaban J connectivity index is 1.50. The number of furan rings is 1. The summed E-state index contributed by atoms with van der Waals surface area (Å²) in [6, 6.07) is 18.3. The van der Waals surface area contributed by atoms with Crippen molar-refractivity contribution in [2.24, 2.45) is 0 Å². The van der Waals surface area contributed by atoms with Crippen molar-refractivity contribution in [3.8, 4) is 22.8 Å². The van der Waals surface area contributed by atoms with E-state index in [1.165, 1.54) is 5.56 Å². The standard InChI is InChI=1S/C24H24N2O3/c1-27-22-10-9-18(16-23(22)28-2)17-24-25-12-14-26(24)13-11-19-6-3-4-7-20(19)21-8-5-15-29-21/h3-10,12,14-16H,11,13,17H2,1-2H3. The van der Waals surface area contributed by atoms with Crippen LogP contribution in [0.5, 0.6) is 11.5 Å². The van der Waals surface area contributed by atoms with E-state index in [9.17, 15) is 0 Å². The highest BCUT2D eigenvalue weighted by molar-refractivity contribution is 5.61. The molecule has 2 aromatic carbocycles. The number of imidazole rings is 1. The molecule has 0 bridgehead atoms. The molecule has 0 aliphatic carbocycles. The minimum Gasteiger partial charge on any atom is -0.493 e. The Morgan fingerprint density at radius 1 is 0.966 bits per heavy atom. The number of aryl methyl sites for hydroxylation is 2. The average Bonchev–Trinajstić information content (AvgIpc) is 3.44. The molecule has 0 unspecified atom stereocenters. The van der Waals surface area contributed by atoms with Crippen molar-refractivity contribution >= 4 is 0 Å². The molecule has 5 heteroatoms. The summed E-state index contributed by atoms with van der Waals surface area (Å²) in [7, 11) is 3.30. The third-order valence-electron chi connectivity index (χ3n) is 5.04. The molecule has 0 amide bonds. The Morgan fingerprint density at radius 2 is 1.83 bits per heavy atom. The lowest BCUT2D eigenvalue weighted by molar-refractivity contribution is 0.354. The number of aromatic nitrogens is 2. The first-order valence-electron chi connectivity index (χ1n) is 9.61. The molecule has 0 aliphatic rings. The number of benzene rings is 2. The van der Waals surface area contributed by atoms with E-state index in [1.54, 1.807) is 20.5 Å². The highest BCUT2D eigenvalue weighted by atomic mass is 16.5. The van der Waals surface area contributed by atoms with E-state index in [1.807, 2.05) is 48.8 Å². The van der Waals surface area contributed by atoms with Crippen molar-refractivity contribution in [2.75, 3.05) is 14.2 Å². The van der Waals surface area contributed by atoms with Crippen LogP contribution in [0.25, 0.3) is 11.3 Å². The maximum absolute atomic E-state index is 5.60. The molecule has 5 nitrogen and oxygen atoms in total. The lowest BCUT2D eigenvalue weighted by Gasteiger charge is -2.12. The molecule has 29 heavy (non-hydrogen) atoms. The summed E-state index contributed by atoms with van der Waals surface area (Å²) in [5.74, 6) is 3.38. The van der Waals surface area contributed by atoms with Crippen molar-refractivity contribution in [3.05, 3.63) is 90.2 Å². The lowest BCUT2D eigenvalue weighted by Crippen LogP contribution is -2.07. The van der Waals surface area contributed by atoms with Crippen LogP contribution in [0.15, 0.2) is 77.7 Å². The normalized spacial score (nSPS) is 10.8. The summed E-state index contributed by atoms with van der Waals surface area (Å²) >= 11 is 0. The summed E-state index contributed by atoms with van der Waals surface area (Å²) in [6.45, 7) is 0.848. The van der Waals surface area contributed by atoms with E-state index >= 15 is 0 Å². The van der Waals surface area contributed by atoms with Gasteiger partial charge in [0, 0.05) is 30.9 Å². The molecule has 0 radical (unpaired) electrons. The summed E-state index contributed by atoms with van der Waals surface area (Å²) in [5.41, 5.74) is 3.53. The smallest absolute Gasteiger partial charge is 0.161 e. The predicted molar refractivity (Wildman–Crippen MR) is 112 cm³/mol. The van der Waals surface area contributed by atoms with E-state index in [4.69, 9.17) is 13.9 Å². The zero-order chi connectivity index (χ0) is 20.1. The first kappa shape index (κ1) is 18.9. The molecule has 0 aliphatic heterocycles. The second-order valence-corrected chi connectivity index (χ2v) is 6.79. The Morgan fingerprint density at radius 3 is 2.62 bits per heavy atom. The van der Waals surface area contributed by atoms with Gasteiger partial charge in [-0.1, -0.05) is 30.3 Å².